The smallest absolute Gasteiger partial charge is 0.241 e. The third-order valence-corrected chi connectivity index (χ3v) is 4.97. The van der Waals surface area contributed by atoms with Crippen LogP contribution in [0, 0.1) is 6.92 Å². The molecule has 2 N–H and O–H groups in total. The van der Waals surface area contributed by atoms with Crippen molar-refractivity contribution in [3.8, 4) is 0 Å². The van der Waals surface area contributed by atoms with E-state index in [9.17, 15) is 13.2 Å². The second kappa shape index (κ2) is 4.37. The molecule has 0 saturated carbocycles. The van der Waals surface area contributed by atoms with Crippen LogP contribution in [-0.4, -0.2) is 32.7 Å². The second-order valence-electron chi connectivity index (χ2n) is 4.57. The highest BCUT2D eigenvalue weighted by molar-refractivity contribution is 7.91. The SMILES string of the molecule is Cc1ccc2c(c1)S(=O)(=O)CC(C)N2C(=O)CN. The maximum absolute atomic E-state index is 12.1. The summed E-state index contributed by atoms with van der Waals surface area (Å²) in [7, 11) is -3.32. The lowest BCUT2D eigenvalue weighted by molar-refractivity contribution is -0.117. The Hall–Kier alpha value is -1.40. The molecule has 0 aromatic heterocycles. The lowest BCUT2D eigenvalue weighted by Crippen LogP contribution is -2.48. The largest absolute Gasteiger partial charge is 0.322 e. The Labute approximate surface area is 107 Å². The van der Waals surface area contributed by atoms with Gasteiger partial charge in [0, 0.05) is 6.04 Å². The molecule has 1 amide bonds. The lowest BCUT2D eigenvalue weighted by Gasteiger charge is -2.34. The van der Waals surface area contributed by atoms with Gasteiger partial charge in [-0.15, -0.1) is 0 Å². The maximum Gasteiger partial charge on any atom is 0.241 e. The fourth-order valence-corrected chi connectivity index (χ4v) is 4.08. The van der Waals surface area contributed by atoms with Gasteiger partial charge < -0.3 is 10.6 Å². The zero-order valence-corrected chi connectivity index (χ0v) is 11.2. The predicted molar refractivity (Wildman–Crippen MR) is 69.2 cm³/mol. The molecule has 0 bridgehead atoms. The first-order valence-electron chi connectivity index (χ1n) is 5.72. The molecule has 1 aromatic rings. The van der Waals surface area contributed by atoms with Crippen molar-refractivity contribution in [2.24, 2.45) is 5.73 Å². The van der Waals surface area contributed by atoms with Crippen LogP contribution >= 0.6 is 0 Å². The van der Waals surface area contributed by atoms with E-state index in [1.165, 1.54) is 4.90 Å². The number of hydrogen-bond acceptors (Lipinski definition) is 4. The van der Waals surface area contributed by atoms with E-state index in [0.29, 0.717) is 5.69 Å². The molecule has 5 nitrogen and oxygen atoms in total. The van der Waals surface area contributed by atoms with Gasteiger partial charge in [0.15, 0.2) is 9.84 Å². The van der Waals surface area contributed by atoms with Gasteiger partial charge in [-0.1, -0.05) is 6.07 Å². The van der Waals surface area contributed by atoms with Gasteiger partial charge in [0.1, 0.15) is 0 Å². The van der Waals surface area contributed by atoms with Gasteiger partial charge in [0.05, 0.1) is 22.9 Å². The van der Waals surface area contributed by atoms with Crippen molar-refractivity contribution in [2.75, 3.05) is 17.2 Å². The Kier molecular flexibility index (Phi) is 3.16. The predicted octanol–water partition coefficient (Wildman–Crippen LogP) is 0.463. The minimum absolute atomic E-state index is 0.0603. The molecular formula is C12H16N2O3S. The summed E-state index contributed by atoms with van der Waals surface area (Å²) < 4.78 is 24.2. The molecule has 1 atom stereocenters. The van der Waals surface area contributed by atoms with E-state index >= 15 is 0 Å². The summed E-state index contributed by atoms with van der Waals surface area (Å²) in [6.07, 6.45) is 0. The van der Waals surface area contributed by atoms with Crippen molar-refractivity contribution in [3.63, 3.8) is 0 Å². The molecule has 1 aliphatic rings. The van der Waals surface area contributed by atoms with Crippen molar-refractivity contribution in [2.45, 2.75) is 24.8 Å². The molecule has 18 heavy (non-hydrogen) atoms. The van der Waals surface area contributed by atoms with Crippen molar-refractivity contribution < 1.29 is 13.2 Å². The normalized spacial score (nSPS) is 21.5. The van der Waals surface area contributed by atoms with Gasteiger partial charge in [0.2, 0.25) is 5.91 Å². The molecule has 0 fully saturated rings. The summed E-state index contributed by atoms with van der Waals surface area (Å²) in [5.41, 5.74) is 6.67. The van der Waals surface area contributed by atoms with Gasteiger partial charge >= 0.3 is 0 Å². The van der Waals surface area contributed by atoms with Crippen LogP contribution in [0.4, 0.5) is 5.69 Å². The zero-order valence-electron chi connectivity index (χ0n) is 10.4. The molecule has 98 valence electrons. The first-order chi connectivity index (χ1) is 8.36. The summed E-state index contributed by atoms with van der Waals surface area (Å²) in [6.45, 7) is 3.41. The number of rotatable bonds is 1. The maximum atomic E-state index is 12.1. The van der Waals surface area contributed by atoms with Crippen LogP contribution in [0.1, 0.15) is 12.5 Å². The molecule has 0 aliphatic carbocycles. The third-order valence-electron chi connectivity index (χ3n) is 3.05. The van der Waals surface area contributed by atoms with E-state index in [2.05, 4.69) is 0 Å². The minimum atomic E-state index is -3.32. The number of sulfone groups is 1. The molecule has 6 heteroatoms. The summed E-state index contributed by atoms with van der Waals surface area (Å²) in [6, 6.07) is 4.68. The first-order valence-corrected chi connectivity index (χ1v) is 7.37. The van der Waals surface area contributed by atoms with Crippen molar-refractivity contribution in [1.29, 1.82) is 0 Å². The molecule has 1 heterocycles. The Morgan fingerprint density at radius 3 is 2.78 bits per heavy atom. The molecule has 0 radical (unpaired) electrons. The first kappa shape index (κ1) is 13.0. The second-order valence-corrected chi connectivity index (χ2v) is 6.57. The van der Waals surface area contributed by atoms with Gasteiger partial charge in [-0.05, 0) is 31.5 Å². The topological polar surface area (TPSA) is 80.5 Å². The van der Waals surface area contributed by atoms with E-state index in [0.717, 1.165) is 5.56 Å². The molecule has 0 spiro atoms. The van der Waals surface area contributed by atoms with Crippen LogP contribution < -0.4 is 10.6 Å². The van der Waals surface area contributed by atoms with Crippen LogP contribution in [0.2, 0.25) is 0 Å². The monoisotopic (exact) mass is 268 g/mol. The van der Waals surface area contributed by atoms with Crippen LogP contribution in [0.25, 0.3) is 0 Å². The standard InChI is InChI=1S/C12H16N2O3S/c1-8-3-4-10-11(5-8)18(16,17)7-9(2)14(10)12(15)6-13/h3-5,9H,6-7,13H2,1-2H3. The average Bonchev–Trinajstić information content (AvgIpc) is 2.29. The van der Waals surface area contributed by atoms with Crippen LogP contribution in [0.3, 0.4) is 0 Å². The summed E-state index contributed by atoms with van der Waals surface area (Å²) in [5.74, 6) is -0.322. The number of hydrogen-bond donors (Lipinski definition) is 1. The lowest BCUT2D eigenvalue weighted by atomic mass is 10.1. The quantitative estimate of drug-likeness (QED) is 0.802. The number of amides is 1. The van der Waals surface area contributed by atoms with Gasteiger partial charge in [-0.2, -0.15) is 0 Å². The van der Waals surface area contributed by atoms with E-state index < -0.39 is 9.84 Å². The van der Waals surface area contributed by atoms with Gasteiger partial charge in [0.25, 0.3) is 0 Å². The van der Waals surface area contributed by atoms with E-state index in [-0.39, 0.29) is 29.1 Å². The number of nitrogens with zero attached hydrogens (tertiary/aromatic N) is 1. The fraction of sp³-hybridized carbons (Fsp3) is 0.417. The van der Waals surface area contributed by atoms with Gasteiger partial charge in [-0.25, -0.2) is 8.42 Å². The van der Waals surface area contributed by atoms with E-state index in [4.69, 9.17) is 5.73 Å². The van der Waals surface area contributed by atoms with Crippen LogP contribution in [0.5, 0.6) is 0 Å². The highest BCUT2D eigenvalue weighted by atomic mass is 32.2. The number of benzene rings is 1. The Morgan fingerprint density at radius 1 is 1.50 bits per heavy atom. The zero-order chi connectivity index (χ0) is 13.5. The van der Waals surface area contributed by atoms with Crippen LogP contribution in [0.15, 0.2) is 23.1 Å². The Bertz CT molecular complexity index is 595. The fourth-order valence-electron chi connectivity index (χ4n) is 2.27. The van der Waals surface area contributed by atoms with Crippen molar-refractivity contribution >= 4 is 21.4 Å². The van der Waals surface area contributed by atoms with E-state index in [1.54, 1.807) is 25.1 Å². The van der Waals surface area contributed by atoms with E-state index in [1.807, 2.05) is 6.92 Å². The number of carbonyl (C=O) groups excluding carboxylic acids is 1. The summed E-state index contributed by atoms with van der Waals surface area (Å²) >= 11 is 0. The number of anilines is 1. The number of carbonyl (C=O) groups is 1. The molecule has 2 rings (SSSR count). The van der Waals surface area contributed by atoms with Crippen molar-refractivity contribution in [3.05, 3.63) is 23.8 Å². The molecule has 1 aromatic carbocycles. The Balaban J connectivity index is 2.66. The van der Waals surface area contributed by atoms with Crippen LogP contribution in [-0.2, 0) is 14.6 Å². The molecule has 0 saturated heterocycles. The number of fused-ring (bicyclic) bond motifs is 1. The Morgan fingerprint density at radius 2 is 2.17 bits per heavy atom. The average molecular weight is 268 g/mol. The third kappa shape index (κ3) is 2.02. The van der Waals surface area contributed by atoms with Gasteiger partial charge in [-0.3, -0.25) is 4.79 Å². The molecular weight excluding hydrogens is 252 g/mol. The molecule has 1 aliphatic heterocycles. The highest BCUT2D eigenvalue weighted by Crippen LogP contribution is 2.34. The number of aryl methyl sites for hydroxylation is 1. The molecule has 1 unspecified atom stereocenters. The summed E-state index contributed by atoms with van der Waals surface area (Å²) in [4.78, 5) is 13.5. The van der Waals surface area contributed by atoms with Crippen molar-refractivity contribution in [1.82, 2.24) is 0 Å². The highest BCUT2D eigenvalue weighted by Gasteiger charge is 2.35. The minimum Gasteiger partial charge on any atom is -0.322 e. The summed E-state index contributed by atoms with van der Waals surface area (Å²) in [5, 5.41) is 0. The number of nitrogens with two attached hydrogens (primary N) is 1.